The van der Waals surface area contributed by atoms with Crippen LogP contribution in [-0.4, -0.2) is 31.1 Å². The van der Waals surface area contributed by atoms with Crippen molar-refractivity contribution in [2.24, 2.45) is 0 Å². The van der Waals surface area contributed by atoms with Gasteiger partial charge in [-0.1, -0.05) is 25.1 Å². The summed E-state index contributed by atoms with van der Waals surface area (Å²) in [6.45, 7) is 0.392. The predicted octanol–water partition coefficient (Wildman–Crippen LogP) is 3.09. The van der Waals surface area contributed by atoms with Gasteiger partial charge in [0, 0.05) is 5.56 Å². The Morgan fingerprint density at radius 1 is 1.21 bits per heavy atom. The lowest BCUT2D eigenvalue weighted by Gasteiger charge is -2.15. The summed E-state index contributed by atoms with van der Waals surface area (Å²) in [4.78, 5) is 0. The number of rotatable bonds is 7. The standard InChI is InChI=1S/C13H17F3O3/c1-2-11(17)10-5-3-4-6-12(10)19-8-7-18-9-13(14,15)16/h3-6,11,17H,2,7-9H2,1H3. The minimum absolute atomic E-state index is 0.00350. The number of hydrogen-bond donors (Lipinski definition) is 1. The highest BCUT2D eigenvalue weighted by molar-refractivity contribution is 5.34. The molecule has 3 nitrogen and oxygen atoms in total. The van der Waals surface area contributed by atoms with Gasteiger partial charge in [0.15, 0.2) is 0 Å². The molecule has 0 heterocycles. The summed E-state index contributed by atoms with van der Waals surface area (Å²) >= 11 is 0. The van der Waals surface area contributed by atoms with Crippen LogP contribution < -0.4 is 4.74 Å². The van der Waals surface area contributed by atoms with Crippen LogP contribution in [0.4, 0.5) is 13.2 Å². The van der Waals surface area contributed by atoms with Crippen molar-refractivity contribution >= 4 is 0 Å². The van der Waals surface area contributed by atoms with Crippen LogP contribution in [0.25, 0.3) is 0 Å². The minimum atomic E-state index is -4.32. The van der Waals surface area contributed by atoms with Crippen LogP contribution in [0.2, 0.25) is 0 Å². The number of ether oxygens (including phenoxy) is 2. The molecule has 0 spiro atoms. The van der Waals surface area contributed by atoms with Crippen molar-refractivity contribution in [2.45, 2.75) is 25.6 Å². The zero-order valence-corrected chi connectivity index (χ0v) is 10.6. The lowest BCUT2D eigenvalue weighted by molar-refractivity contribution is -0.175. The molecule has 1 aromatic rings. The Bertz CT molecular complexity index is 380. The summed E-state index contributed by atoms with van der Waals surface area (Å²) in [5.41, 5.74) is 0.626. The Morgan fingerprint density at radius 3 is 2.53 bits per heavy atom. The molecule has 1 atom stereocenters. The van der Waals surface area contributed by atoms with Crippen LogP contribution in [0.3, 0.4) is 0 Å². The first-order valence-corrected chi connectivity index (χ1v) is 5.98. The van der Waals surface area contributed by atoms with Gasteiger partial charge in [0.05, 0.1) is 12.7 Å². The average molecular weight is 278 g/mol. The zero-order chi connectivity index (χ0) is 14.3. The number of benzene rings is 1. The maximum atomic E-state index is 11.8. The summed E-state index contributed by atoms with van der Waals surface area (Å²) in [5.74, 6) is 0.465. The summed E-state index contributed by atoms with van der Waals surface area (Å²) in [5, 5.41) is 9.76. The largest absolute Gasteiger partial charge is 0.491 e. The molecule has 0 aliphatic rings. The number of hydrogen-bond acceptors (Lipinski definition) is 3. The second kappa shape index (κ2) is 7.35. The smallest absolute Gasteiger partial charge is 0.411 e. The number of para-hydroxylation sites is 1. The minimum Gasteiger partial charge on any atom is -0.491 e. The molecule has 1 aromatic carbocycles. The van der Waals surface area contributed by atoms with Gasteiger partial charge in [-0.25, -0.2) is 0 Å². The fraction of sp³-hybridized carbons (Fsp3) is 0.538. The molecule has 0 saturated heterocycles. The summed E-state index contributed by atoms with van der Waals surface area (Å²) in [6.07, 6.45) is -4.44. The van der Waals surface area contributed by atoms with Crippen LogP contribution in [0, 0.1) is 0 Å². The Kier molecular flexibility index (Phi) is 6.11. The molecule has 19 heavy (non-hydrogen) atoms. The van der Waals surface area contributed by atoms with Crippen molar-refractivity contribution in [2.75, 3.05) is 19.8 Å². The van der Waals surface area contributed by atoms with Crippen molar-refractivity contribution in [3.05, 3.63) is 29.8 Å². The van der Waals surface area contributed by atoms with E-state index in [-0.39, 0.29) is 13.2 Å². The zero-order valence-electron chi connectivity index (χ0n) is 10.6. The van der Waals surface area contributed by atoms with Gasteiger partial charge < -0.3 is 14.6 Å². The third-order valence-corrected chi connectivity index (χ3v) is 2.42. The quantitative estimate of drug-likeness (QED) is 0.779. The van der Waals surface area contributed by atoms with Crippen molar-refractivity contribution < 1.29 is 27.8 Å². The molecule has 0 aliphatic heterocycles. The molecule has 0 bridgehead atoms. The molecule has 0 fully saturated rings. The first-order valence-electron chi connectivity index (χ1n) is 5.98. The topological polar surface area (TPSA) is 38.7 Å². The van der Waals surface area contributed by atoms with E-state index < -0.39 is 18.9 Å². The Balaban J connectivity index is 2.41. The van der Waals surface area contributed by atoms with Gasteiger partial charge in [0.2, 0.25) is 0 Å². The van der Waals surface area contributed by atoms with Gasteiger partial charge in [-0.3, -0.25) is 0 Å². The van der Waals surface area contributed by atoms with E-state index >= 15 is 0 Å². The van der Waals surface area contributed by atoms with Crippen molar-refractivity contribution in [3.63, 3.8) is 0 Å². The molecular formula is C13H17F3O3. The van der Waals surface area contributed by atoms with Gasteiger partial charge in [0.1, 0.15) is 19.0 Å². The fourth-order valence-electron chi connectivity index (χ4n) is 1.51. The summed E-state index contributed by atoms with van der Waals surface area (Å²) < 4.78 is 45.2. The molecule has 1 rings (SSSR count). The highest BCUT2D eigenvalue weighted by Gasteiger charge is 2.27. The van der Waals surface area contributed by atoms with E-state index in [1.54, 1.807) is 24.3 Å². The first-order chi connectivity index (χ1) is 8.94. The molecule has 1 N–H and O–H groups in total. The number of aliphatic hydroxyl groups is 1. The van der Waals surface area contributed by atoms with Crippen LogP contribution in [-0.2, 0) is 4.74 Å². The Hall–Kier alpha value is -1.27. The second-order valence-corrected chi connectivity index (χ2v) is 3.98. The molecule has 0 aromatic heterocycles. The van der Waals surface area contributed by atoms with E-state index in [4.69, 9.17) is 4.74 Å². The van der Waals surface area contributed by atoms with Crippen LogP contribution in [0.15, 0.2) is 24.3 Å². The highest BCUT2D eigenvalue weighted by Crippen LogP contribution is 2.26. The van der Waals surface area contributed by atoms with Crippen molar-refractivity contribution in [1.29, 1.82) is 0 Å². The second-order valence-electron chi connectivity index (χ2n) is 3.98. The Morgan fingerprint density at radius 2 is 1.89 bits per heavy atom. The maximum absolute atomic E-state index is 11.8. The molecular weight excluding hydrogens is 261 g/mol. The van der Waals surface area contributed by atoms with E-state index in [0.717, 1.165) is 0 Å². The first kappa shape index (κ1) is 15.8. The number of alkyl halides is 3. The molecule has 0 amide bonds. The third kappa shape index (κ3) is 5.94. The maximum Gasteiger partial charge on any atom is 0.411 e. The van der Waals surface area contributed by atoms with Gasteiger partial charge in [-0.15, -0.1) is 0 Å². The fourth-order valence-corrected chi connectivity index (χ4v) is 1.51. The lowest BCUT2D eigenvalue weighted by atomic mass is 10.1. The molecule has 1 unspecified atom stereocenters. The SMILES string of the molecule is CCC(O)c1ccccc1OCCOCC(F)(F)F. The van der Waals surface area contributed by atoms with E-state index in [2.05, 4.69) is 4.74 Å². The van der Waals surface area contributed by atoms with Crippen molar-refractivity contribution in [3.8, 4) is 5.75 Å². The van der Waals surface area contributed by atoms with E-state index in [0.29, 0.717) is 17.7 Å². The number of aliphatic hydroxyl groups excluding tert-OH is 1. The lowest BCUT2D eigenvalue weighted by Crippen LogP contribution is -2.19. The third-order valence-electron chi connectivity index (χ3n) is 2.42. The van der Waals surface area contributed by atoms with Crippen LogP contribution >= 0.6 is 0 Å². The van der Waals surface area contributed by atoms with Gasteiger partial charge >= 0.3 is 6.18 Å². The number of halogens is 3. The normalized spacial score (nSPS) is 13.3. The van der Waals surface area contributed by atoms with Crippen LogP contribution in [0.5, 0.6) is 5.75 Å². The van der Waals surface area contributed by atoms with Gasteiger partial charge in [-0.05, 0) is 12.5 Å². The van der Waals surface area contributed by atoms with E-state index in [1.165, 1.54) is 0 Å². The summed E-state index contributed by atoms with van der Waals surface area (Å²) in [7, 11) is 0. The van der Waals surface area contributed by atoms with E-state index in [9.17, 15) is 18.3 Å². The molecule has 0 aliphatic carbocycles. The van der Waals surface area contributed by atoms with Gasteiger partial charge in [-0.2, -0.15) is 13.2 Å². The van der Waals surface area contributed by atoms with Crippen LogP contribution in [0.1, 0.15) is 25.0 Å². The Labute approximate surface area is 110 Å². The molecule has 108 valence electrons. The predicted molar refractivity (Wildman–Crippen MR) is 64.1 cm³/mol. The molecule has 0 radical (unpaired) electrons. The summed E-state index contributed by atoms with van der Waals surface area (Å²) in [6, 6.07) is 6.89. The van der Waals surface area contributed by atoms with Crippen molar-refractivity contribution in [1.82, 2.24) is 0 Å². The molecule has 6 heteroatoms. The monoisotopic (exact) mass is 278 g/mol. The van der Waals surface area contributed by atoms with Gasteiger partial charge in [0.25, 0.3) is 0 Å². The molecule has 0 saturated carbocycles. The highest BCUT2D eigenvalue weighted by atomic mass is 19.4. The average Bonchev–Trinajstić information content (AvgIpc) is 2.36. The van der Waals surface area contributed by atoms with E-state index in [1.807, 2.05) is 6.92 Å².